The van der Waals surface area contributed by atoms with E-state index in [1.165, 1.54) is 4.90 Å². The van der Waals surface area contributed by atoms with Crippen molar-refractivity contribution in [1.82, 2.24) is 0 Å². The fraction of sp³-hybridized carbons (Fsp3) is 0.538. The molecule has 0 saturated carbocycles. The van der Waals surface area contributed by atoms with E-state index in [0.717, 1.165) is 5.69 Å². The molecule has 0 heterocycles. The third kappa shape index (κ3) is 4.21. The molecule has 0 radical (unpaired) electrons. The number of sulfone groups is 1. The van der Waals surface area contributed by atoms with Gasteiger partial charge in [0.1, 0.15) is 0 Å². The summed E-state index contributed by atoms with van der Waals surface area (Å²) < 4.78 is 23.1. The lowest BCUT2D eigenvalue weighted by atomic mass is 10.3. The van der Waals surface area contributed by atoms with Crippen LogP contribution in [-0.4, -0.2) is 31.7 Å². The van der Waals surface area contributed by atoms with Gasteiger partial charge in [-0.15, -0.1) is 11.8 Å². The first-order valence-electron chi connectivity index (χ1n) is 5.86. The molecule has 0 spiro atoms. The zero-order valence-corrected chi connectivity index (χ0v) is 13.0. The number of anilines is 1. The Morgan fingerprint density at radius 1 is 1.17 bits per heavy atom. The molecule has 1 aromatic rings. The van der Waals surface area contributed by atoms with Crippen LogP contribution in [0, 0.1) is 0 Å². The second-order valence-electron chi connectivity index (χ2n) is 5.09. The standard InChI is InChI=1S/C13H21NO2S2/c1-13(2,3)18(15,16)10-9-14-11-5-7-12(17-4)8-6-11/h5-8,14H,9-10H2,1-4H3. The summed E-state index contributed by atoms with van der Waals surface area (Å²) in [6.07, 6.45) is 2.03. The first kappa shape index (κ1) is 15.4. The van der Waals surface area contributed by atoms with Crippen molar-refractivity contribution in [2.45, 2.75) is 30.4 Å². The Morgan fingerprint density at radius 2 is 1.72 bits per heavy atom. The highest BCUT2D eigenvalue weighted by Crippen LogP contribution is 2.18. The summed E-state index contributed by atoms with van der Waals surface area (Å²) in [7, 11) is -3.05. The summed E-state index contributed by atoms with van der Waals surface area (Å²) in [5.74, 6) is 0.154. The van der Waals surface area contributed by atoms with Gasteiger partial charge in [0.05, 0.1) is 10.5 Å². The van der Waals surface area contributed by atoms with Crippen LogP contribution >= 0.6 is 11.8 Å². The Morgan fingerprint density at radius 3 is 2.17 bits per heavy atom. The maximum absolute atomic E-state index is 11.9. The second-order valence-corrected chi connectivity index (χ2v) is 8.83. The third-order valence-corrected chi connectivity index (χ3v) is 6.07. The second kappa shape index (κ2) is 5.97. The van der Waals surface area contributed by atoms with Gasteiger partial charge in [0.2, 0.25) is 0 Å². The van der Waals surface area contributed by atoms with Crippen LogP contribution in [-0.2, 0) is 9.84 Å². The first-order valence-corrected chi connectivity index (χ1v) is 8.74. The zero-order chi connectivity index (χ0) is 13.8. The van der Waals surface area contributed by atoms with Crippen molar-refractivity contribution in [2.75, 3.05) is 23.9 Å². The zero-order valence-electron chi connectivity index (χ0n) is 11.4. The molecule has 0 atom stereocenters. The fourth-order valence-corrected chi connectivity index (χ4v) is 2.74. The van der Waals surface area contributed by atoms with Gasteiger partial charge in [0.25, 0.3) is 0 Å². The molecule has 0 amide bonds. The van der Waals surface area contributed by atoms with Crippen LogP contribution in [0.3, 0.4) is 0 Å². The quantitative estimate of drug-likeness (QED) is 0.846. The number of rotatable bonds is 5. The number of benzene rings is 1. The topological polar surface area (TPSA) is 46.2 Å². The Bertz CT molecular complexity index is 473. The molecule has 5 heteroatoms. The van der Waals surface area contributed by atoms with Crippen molar-refractivity contribution in [3.63, 3.8) is 0 Å². The van der Waals surface area contributed by atoms with E-state index >= 15 is 0 Å². The monoisotopic (exact) mass is 287 g/mol. The molecule has 0 aliphatic carbocycles. The van der Waals surface area contributed by atoms with Gasteiger partial charge in [0, 0.05) is 17.1 Å². The van der Waals surface area contributed by atoms with Crippen molar-refractivity contribution in [2.24, 2.45) is 0 Å². The van der Waals surface area contributed by atoms with Crippen molar-refractivity contribution in [3.8, 4) is 0 Å². The Labute approximate surface area is 114 Å². The Kier molecular flexibility index (Phi) is 5.10. The summed E-state index contributed by atoms with van der Waals surface area (Å²) in [5.41, 5.74) is 0.955. The molecule has 0 aliphatic rings. The van der Waals surface area contributed by atoms with Crippen LogP contribution in [0.2, 0.25) is 0 Å². The van der Waals surface area contributed by atoms with Crippen LogP contribution in [0.15, 0.2) is 29.2 Å². The van der Waals surface area contributed by atoms with Crippen molar-refractivity contribution < 1.29 is 8.42 Å². The van der Waals surface area contributed by atoms with Gasteiger partial charge in [-0.1, -0.05) is 0 Å². The number of nitrogens with one attached hydrogen (secondary N) is 1. The number of hydrogen-bond donors (Lipinski definition) is 1. The minimum atomic E-state index is -3.05. The summed E-state index contributed by atoms with van der Waals surface area (Å²) >= 11 is 1.69. The van der Waals surface area contributed by atoms with Gasteiger partial charge in [-0.2, -0.15) is 0 Å². The molecule has 1 N–H and O–H groups in total. The van der Waals surface area contributed by atoms with Gasteiger partial charge in [0.15, 0.2) is 9.84 Å². The largest absolute Gasteiger partial charge is 0.384 e. The number of thioether (sulfide) groups is 1. The van der Waals surface area contributed by atoms with Gasteiger partial charge in [-0.3, -0.25) is 0 Å². The lowest BCUT2D eigenvalue weighted by Gasteiger charge is -2.19. The van der Waals surface area contributed by atoms with Crippen molar-refractivity contribution >= 4 is 27.3 Å². The van der Waals surface area contributed by atoms with Gasteiger partial charge in [-0.25, -0.2) is 8.42 Å². The van der Waals surface area contributed by atoms with Gasteiger partial charge < -0.3 is 5.32 Å². The molecule has 102 valence electrons. The SMILES string of the molecule is CSc1ccc(NCCS(=O)(=O)C(C)(C)C)cc1. The molecule has 0 aliphatic heterocycles. The highest BCUT2D eigenvalue weighted by atomic mass is 32.2. The van der Waals surface area contributed by atoms with Crippen LogP contribution in [0.25, 0.3) is 0 Å². The van der Waals surface area contributed by atoms with E-state index in [9.17, 15) is 8.42 Å². The summed E-state index contributed by atoms with van der Waals surface area (Å²) in [6, 6.07) is 7.97. The molecule has 0 saturated heterocycles. The van der Waals surface area contributed by atoms with E-state index in [1.54, 1.807) is 32.5 Å². The predicted molar refractivity (Wildman–Crippen MR) is 80.3 cm³/mol. The molecule has 18 heavy (non-hydrogen) atoms. The highest BCUT2D eigenvalue weighted by molar-refractivity contribution is 7.98. The fourth-order valence-electron chi connectivity index (χ4n) is 1.34. The Hall–Kier alpha value is -0.680. The van der Waals surface area contributed by atoms with Crippen molar-refractivity contribution in [1.29, 1.82) is 0 Å². The smallest absolute Gasteiger partial charge is 0.156 e. The lowest BCUT2D eigenvalue weighted by Crippen LogP contribution is -2.32. The van der Waals surface area contributed by atoms with Gasteiger partial charge >= 0.3 is 0 Å². The van der Waals surface area contributed by atoms with E-state index in [4.69, 9.17) is 0 Å². The minimum absolute atomic E-state index is 0.154. The molecule has 0 fully saturated rings. The van der Waals surface area contributed by atoms with Crippen LogP contribution in [0.5, 0.6) is 0 Å². The normalized spacial score (nSPS) is 12.4. The molecular weight excluding hydrogens is 266 g/mol. The highest BCUT2D eigenvalue weighted by Gasteiger charge is 2.28. The van der Waals surface area contributed by atoms with Crippen molar-refractivity contribution in [3.05, 3.63) is 24.3 Å². The summed E-state index contributed by atoms with van der Waals surface area (Å²) in [6.45, 7) is 5.64. The Balaban J connectivity index is 2.52. The average Bonchev–Trinajstić information content (AvgIpc) is 2.28. The van der Waals surface area contributed by atoms with E-state index in [-0.39, 0.29) is 5.75 Å². The molecular formula is C13H21NO2S2. The van der Waals surface area contributed by atoms with Gasteiger partial charge in [-0.05, 0) is 51.3 Å². The predicted octanol–water partition coefficient (Wildman–Crippen LogP) is 3.03. The van der Waals surface area contributed by atoms with E-state index in [1.807, 2.05) is 30.5 Å². The summed E-state index contributed by atoms with van der Waals surface area (Å²) in [5, 5.41) is 3.14. The van der Waals surface area contributed by atoms with E-state index < -0.39 is 14.6 Å². The van der Waals surface area contributed by atoms with Crippen LogP contribution in [0.1, 0.15) is 20.8 Å². The molecule has 1 rings (SSSR count). The average molecular weight is 287 g/mol. The van der Waals surface area contributed by atoms with Crippen LogP contribution < -0.4 is 5.32 Å². The molecule has 0 unspecified atom stereocenters. The van der Waals surface area contributed by atoms with Crippen LogP contribution in [0.4, 0.5) is 5.69 Å². The maximum Gasteiger partial charge on any atom is 0.156 e. The van der Waals surface area contributed by atoms with E-state index in [2.05, 4.69) is 5.32 Å². The molecule has 1 aromatic carbocycles. The lowest BCUT2D eigenvalue weighted by molar-refractivity contribution is 0.560. The first-order chi connectivity index (χ1) is 8.26. The number of hydrogen-bond acceptors (Lipinski definition) is 4. The third-order valence-electron chi connectivity index (χ3n) is 2.72. The van der Waals surface area contributed by atoms with E-state index in [0.29, 0.717) is 6.54 Å². The maximum atomic E-state index is 11.9. The minimum Gasteiger partial charge on any atom is -0.384 e. The summed E-state index contributed by atoms with van der Waals surface area (Å²) in [4.78, 5) is 1.20. The molecule has 3 nitrogen and oxygen atoms in total. The molecule has 0 aromatic heterocycles. The molecule has 0 bridgehead atoms.